The molecule has 0 amide bonds. The zero-order chi connectivity index (χ0) is 21.5. The van der Waals surface area contributed by atoms with E-state index in [2.05, 4.69) is 10.2 Å². The van der Waals surface area contributed by atoms with Gasteiger partial charge in [-0.25, -0.2) is 8.78 Å². The molecule has 5 aromatic rings. The highest BCUT2D eigenvalue weighted by Crippen LogP contribution is 2.29. The van der Waals surface area contributed by atoms with Gasteiger partial charge in [0.2, 0.25) is 5.78 Å². The maximum atomic E-state index is 13.3. The van der Waals surface area contributed by atoms with E-state index in [1.165, 1.54) is 51.9 Å². The molecule has 0 aliphatic heterocycles. The molecule has 0 fully saturated rings. The Morgan fingerprint density at radius 1 is 1.03 bits per heavy atom. The molecule has 3 aromatic heterocycles. The molecule has 10 heteroatoms. The quantitative estimate of drug-likeness (QED) is 0.321. The highest BCUT2D eigenvalue weighted by Gasteiger charge is 2.18. The number of aromatic nitrogens is 4. The zero-order valence-corrected chi connectivity index (χ0v) is 18.1. The Hall–Kier alpha value is -2.75. The molecule has 0 spiro atoms. The number of thioether (sulfide) groups is 1. The second kappa shape index (κ2) is 8.07. The van der Waals surface area contributed by atoms with Gasteiger partial charge in [0.1, 0.15) is 16.3 Å². The molecular formula is C21H13ClF2N4OS2. The lowest BCUT2D eigenvalue weighted by Gasteiger charge is -2.10. The Morgan fingerprint density at radius 2 is 1.81 bits per heavy atom. The first-order chi connectivity index (χ1) is 15.0. The number of thiophene rings is 1. The number of fused-ring (bicyclic) bond motifs is 3. The number of halogens is 3. The number of nitrogens with zero attached hydrogens (tertiary/aromatic N) is 4. The second-order valence-electron chi connectivity index (χ2n) is 6.80. The normalized spacial score (nSPS) is 11.6. The minimum absolute atomic E-state index is 0.174. The van der Waals surface area contributed by atoms with Crippen molar-refractivity contribution in [3.05, 3.63) is 92.0 Å². The standard InChI is InChI=1S/C21H13ClF2N4OS2/c22-16-9-15(24)6-3-13(16)11-31-21-26-25-20-27(10-12-1-4-14(23)5-2-12)19(29)18-17(28(20)21)7-8-30-18/h1-9H,10-11H2. The van der Waals surface area contributed by atoms with Crippen molar-refractivity contribution in [1.82, 2.24) is 19.2 Å². The Bertz CT molecular complexity index is 1480. The van der Waals surface area contributed by atoms with Gasteiger partial charge in [-0.1, -0.05) is 41.6 Å². The number of rotatable bonds is 5. The summed E-state index contributed by atoms with van der Waals surface area (Å²) in [5, 5.41) is 11.3. The van der Waals surface area contributed by atoms with Crippen LogP contribution in [-0.4, -0.2) is 19.2 Å². The van der Waals surface area contributed by atoms with E-state index < -0.39 is 5.82 Å². The summed E-state index contributed by atoms with van der Waals surface area (Å²) in [6, 6.07) is 12.1. The van der Waals surface area contributed by atoms with Crippen LogP contribution in [0.5, 0.6) is 0 Å². The first-order valence-corrected chi connectivity index (χ1v) is 11.4. The van der Waals surface area contributed by atoms with E-state index in [1.54, 1.807) is 18.2 Å². The van der Waals surface area contributed by atoms with Crippen molar-refractivity contribution in [1.29, 1.82) is 0 Å². The molecule has 3 heterocycles. The van der Waals surface area contributed by atoms with E-state index in [4.69, 9.17) is 11.6 Å². The fourth-order valence-corrected chi connectivity index (χ4v) is 5.37. The van der Waals surface area contributed by atoms with Gasteiger partial charge in [-0.15, -0.1) is 21.5 Å². The van der Waals surface area contributed by atoms with Crippen molar-refractivity contribution in [2.24, 2.45) is 0 Å². The van der Waals surface area contributed by atoms with Crippen LogP contribution in [0.4, 0.5) is 8.78 Å². The zero-order valence-electron chi connectivity index (χ0n) is 15.8. The Labute approximate surface area is 187 Å². The summed E-state index contributed by atoms with van der Waals surface area (Å²) < 4.78 is 30.5. The Morgan fingerprint density at radius 3 is 2.58 bits per heavy atom. The minimum Gasteiger partial charge on any atom is -0.271 e. The maximum absolute atomic E-state index is 13.3. The van der Waals surface area contributed by atoms with E-state index in [-0.39, 0.29) is 17.9 Å². The lowest BCUT2D eigenvalue weighted by Crippen LogP contribution is -2.23. The van der Waals surface area contributed by atoms with Crippen LogP contribution >= 0.6 is 34.7 Å². The maximum Gasteiger partial charge on any atom is 0.273 e. The molecule has 0 aliphatic carbocycles. The van der Waals surface area contributed by atoms with Crippen molar-refractivity contribution in [2.75, 3.05) is 0 Å². The molecule has 0 radical (unpaired) electrons. The molecule has 2 aromatic carbocycles. The Kier molecular flexibility index (Phi) is 5.25. The van der Waals surface area contributed by atoms with Crippen molar-refractivity contribution in [3.63, 3.8) is 0 Å². The molecular weight excluding hydrogens is 462 g/mol. The smallest absolute Gasteiger partial charge is 0.271 e. The van der Waals surface area contributed by atoms with Gasteiger partial charge in [0.25, 0.3) is 5.56 Å². The lowest BCUT2D eigenvalue weighted by atomic mass is 10.2. The summed E-state index contributed by atoms with van der Waals surface area (Å²) in [5.41, 5.74) is 2.09. The number of hydrogen-bond acceptors (Lipinski definition) is 5. The summed E-state index contributed by atoms with van der Waals surface area (Å²) in [6.45, 7) is 0.239. The first-order valence-electron chi connectivity index (χ1n) is 9.17. The highest BCUT2D eigenvalue weighted by atomic mass is 35.5. The van der Waals surface area contributed by atoms with Crippen LogP contribution in [0.15, 0.2) is 63.9 Å². The molecule has 5 rings (SSSR count). The van der Waals surface area contributed by atoms with Crippen LogP contribution < -0.4 is 5.56 Å². The number of benzene rings is 2. The summed E-state index contributed by atoms with van der Waals surface area (Å²) in [6.07, 6.45) is 0. The van der Waals surface area contributed by atoms with Crippen molar-refractivity contribution >= 4 is 50.7 Å². The first kappa shape index (κ1) is 20.2. The topological polar surface area (TPSA) is 52.2 Å². The Balaban J connectivity index is 1.59. The largest absolute Gasteiger partial charge is 0.273 e. The van der Waals surface area contributed by atoms with Gasteiger partial charge >= 0.3 is 0 Å². The SMILES string of the molecule is O=c1c2sccc2n2c(SCc3ccc(F)cc3Cl)nnc2n1Cc1ccc(F)cc1. The van der Waals surface area contributed by atoms with Crippen LogP contribution in [0.2, 0.25) is 5.02 Å². The fourth-order valence-electron chi connectivity index (χ4n) is 3.29. The van der Waals surface area contributed by atoms with Crippen LogP contribution in [-0.2, 0) is 12.3 Å². The third kappa shape index (κ3) is 3.73. The van der Waals surface area contributed by atoms with Crippen molar-refractivity contribution in [3.8, 4) is 0 Å². The fraction of sp³-hybridized carbons (Fsp3) is 0.0952. The summed E-state index contributed by atoms with van der Waals surface area (Å²) >= 11 is 8.88. The van der Waals surface area contributed by atoms with Gasteiger partial charge in [-0.05, 0) is 46.8 Å². The van der Waals surface area contributed by atoms with E-state index in [0.29, 0.717) is 26.4 Å². The molecule has 0 N–H and O–H groups in total. The van der Waals surface area contributed by atoms with Gasteiger partial charge in [0, 0.05) is 10.8 Å². The van der Waals surface area contributed by atoms with Gasteiger partial charge in [-0.3, -0.25) is 13.8 Å². The third-order valence-corrected chi connectivity index (χ3v) is 7.03. The van der Waals surface area contributed by atoms with Crippen LogP contribution in [0.3, 0.4) is 0 Å². The molecule has 0 unspecified atom stereocenters. The van der Waals surface area contributed by atoms with E-state index in [9.17, 15) is 13.6 Å². The van der Waals surface area contributed by atoms with Crippen LogP contribution in [0.25, 0.3) is 16.0 Å². The summed E-state index contributed by atoms with van der Waals surface area (Å²) in [5.74, 6) is 0.128. The average Bonchev–Trinajstić information content (AvgIpc) is 3.39. The molecule has 0 saturated heterocycles. The van der Waals surface area contributed by atoms with E-state index in [0.717, 1.165) is 16.6 Å². The van der Waals surface area contributed by atoms with Gasteiger partial charge in [0.05, 0.1) is 12.1 Å². The van der Waals surface area contributed by atoms with Gasteiger partial charge < -0.3 is 0 Å². The lowest BCUT2D eigenvalue weighted by molar-refractivity contribution is 0.626. The predicted octanol–water partition coefficient (Wildman–Crippen LogP) is 5.38. The van der Waals surface area contributed by atoms with Crippen molar-refractivity contribution in [2.45, 2.75) is 17.5 Å². The van der Waals surface area contributed by atoms with Gasteiger partial charge in [0.15, 0.2) is 5.16 Å². The summed E-state index contributed by atoms with van der Waals surface area (Å²) in [7, 11) is 0. The molecule has 5 nitrogen and oxygen atoms in total. The van der Waals surface area contributed by atoms with Gasteiger partial charge in [-0.2, -0.15) is 0 Å². The van der Waals surface area contributed by atoms with Crippen LogP contribution in [0, 0.1) is 11.6 Å². The molecule has 0 saturated carbocycles. The van der Waals surface area contributed by atoms with Crippen molar-refractivity contribution < 1.29 is 8.78 Å². The third-order valence-electron chi connectivity index (χ3n) is 4.81. The molecule has 0 aliphatic rings. The number of hydrogen-bond donors (Lipinski definition) is 0. The minimum atomic E-state index is -0.392. The molecule has 0 atom stereocenters. The molecule has 31 heavy (non-hydrogen) atoms. The monoisotopic (exact) mass is 474 g/mol. The molecule has 0 bridgehead atoms. The second-order valence-corrected chi connectivity index (χ2v) is 9.06. The van der Waals surface area contributed by atoms with Crippen LogP contribution in [0.1, 0.15) is 11.1 Å². The summed E-state index contributed by atoms with van der Waals surface area (Å²) in [4.78, 5) is 13.1. The highest BCUT2D eigenvalue weighted by molar-refractivity contribution is 7.98. The molecule has 156 valence electrons. The average molecular weight is 475 g/mol. The van der Waals surface area contributed by atoms with E-state index >= 15 is 0 Å². The predicted molar refractivity (Wildman–Crippen MR) is 119 cm³/mol. The van der Waals surface area contributed by atoms with E-state index in [1.807, 2.05) is 15.8 Å².